The number of nitrogens with zero attached hydrogens (tertiary/aromatic N) is 1. The second-order valence-electron chi connectivity index (χ2n) is 3.84. The minimum Gasteiger partial charge on any atom is -0.490 e. The predicted molar refractivity (Wildman–Crippen MR) is 70.1 cm³/mol. The highest BCUT2D eigenvalue weighted by molar-refractivity contribution is 7.99. The van der Waals surface area contributed by atoms with Gasteiger partial charge in [0.25, 0.3) is 0 Å². The van der Waals surface area contributed by atoms with Crippen LogP contribution in [0.1, 0.15) is 0 Å². The first kappa shape index (κ1) is 11.6. The monoisotopic (exact) mass is 238 g/mol. The van der Waals surface area contributed by atoms with E-state index in [1.165, 1.54) is 24.6 Å². The topological polar surface area (TPSA) is 38.5 Å². The van der Waals surface area contributed by atoms with Crippen LogP contribution in [0.2, 0.25) is 0 Å². The molecule has 1 aromatic rings. The van der Waals surface area contributed by atoms with Gasteiger partial charge in [0.2, 0.25) is 0 Å². The average molecular weight is 238 g/mol. The summed E-state index contributed by atoms with van der Waals surface area (Å²) >= 11 is 2.03. The Hall–Kier alpha value is -0.870. The summed E-state index contributed by atoms with van der Waals surface area (Å²) in [5, 5.41) is 0. The summed E-state index contributed by atoms with van der Waals surface area (Å²) in [6, 6.07) is 7.65. The Kier molecular flexibility index (Phi) is 4.36. The highest BCUT2D eigenvalue weighted by Crippen LogP contribution is 2.19. The number of nitrogen functional groups attached to an aromatic ring is 1. The van der Waals surface area contributed by atoms with Crippen LogP contribution in [-0.2, 0) is 0 Å². The van der Waals surface area contributed by atoms with Crippen molar-refractivity contribution in [1.82, 2.24) is 4.90 Å². The Labute approximate surface area is 101 Å². The molecule has 1 saturated heterocycles. The van der Waals surface area contributed by atoms with E-state index in [9.17, 15) is 0 Å². The molecule has 2 rings (SSSR count). The third-order valence-electron chi connectivity index (χ3n) is 2.69. The minimum absolute atomic E-state index is 0.719. The molecule has 0 saturated carbocycles. The molecule has 0 atom stereocenters. The first-order valence-corrected chi connectivity index (χ1v) is 6.79. The standard InChI is InChI=1S/C12H18N2OS/c13-11-3-1-2-4-12(11)15-8-5-14-6-9-16-10-7-14/h1-4H,5-10,13H2. The highest BCUT2D eigenvalue weighted by atomic mass is 32.2. The fourth-order valence-electron chi connectivity index (χ4n) is 1.72. The summed E-state index contributed by atoms with van der Waals surface area (Å²) < 4.78 is 5.67. The zero-order chi connectivity index (χ0) is 11.2. The van der Waals surface area contributed by atoms with E-state index in [2.05, 4.69) is 4.90 Å². The van der Waals surface area contributed by atoms with Crippen molar-refractivity contribution in [1.29, 1.82) is 0 Å². The van der Waals surface area contributed by atoms with E-state index >= 15 is 0 Å². The summed E-state index contributed by atoms with van der Waals surface area (Å²) in [7, 11) is 0. The Morgan fingerprint density at radius 3 is 2.75 bits per heavy atom. The van der Waals surface area contributed by atoms with E-state index in [-0.39, 0.29) is 0 Å². The molecule has 0 unspecified atom stereocenters. The summed E-state index contributed by atoms with van der Waals surface area (Å²) in [6.45, 7) is 4.07. The van der Waals surface area contributed by atoms with E-state index in [1.807, 2.05) is 36.0 Å². The van der Waals surface area contributed by atoms with E-state index in [0.29, 0.717) is 0 Å². The zero-order valence-corrected chi connectivity index (χ0v) is 10.2. The molecule has 1 aliphatic rings. The van der Waals surface area contributed by atoms with Crippen molar-refractivity contribution in [3.05, 3.63) is 24.3 Å². The predicted octanol–water partition coefficient (Wildman–Crippen LogP) is 1.70. The molecule has 2 N–H and O–H groups in total. The second kappa shape index (κ2) is 6.01. The van der Waals surface area contributed by atoms with Gasteiger partial charge >= 0.3 is 0 Å². The van der Waals surface area contributed by atoms with Gasteiger partial charge in [-0.15, -0.1) is 0 Å². The molecular weight excluding hydrogens is 220 g/mol. The summed E-state index contributed by atoms with van der Waals surface area (Å²) in [5.41, 5.74) is 6.52. The van der Waals surface area contributed by atoms with Crippen LogP contribution in [0.25, 0.3) is 0 Å². The Bertz CT molecular complexity index is 327. The fraction of sp³-hybridized carbons (Fsp3) is 0.500. The molecule has 1 fully saturated rings. The van der Waals surface area contributed by atoms with Gasteiger partial charge in [0, 0.05) is 31.1 Å². The molecule has 0 spiro atoms. The number of nitrogens with two attached hydrogens (primary N) is 1. The Morgan fingerprint density at radius 2 is 2.00 bits per heavy atom. The van der Waals surface area contributed by atoms with Crippen molar-refractivity contribution >= 4 is 17.4 Å². The SMILES string of the molecule is Nc1ccccc1OCCN1CCSCC1. The van der Waals surface area contributed by atoms with Crippen molar-refractivity contribution in [2.24, 2.45) is 0 Å². The van der Waals surface area contributed by atoms with Crippen molar-refractivity contribution in [2.75, 3.05) is 43.5 Å². The van der Waals surface area contributed by atoms with E-state index in [1.54, 1.807) is 0 Å². The van der Waals surface area contributed by atoms with Gasteiger partial charge in [-0.2, -0.15) is 11.8 Å². The number of hydrogen-bond donors (Lipinski definition) is 1. The normalized spacial score (nSPS) is 17.2. The molecular formula is C12H18N2OS. The lowest BCUT2D eigenvalue weighted by molar-refractivity contribution is 0.223. The van der Waals surface area contributed by atoms with Gasteiger partial charge in [0.05, 0.1) is 5.69 Å². The summed E-state index contributed by atoms with van der Waals surface area (Å²) in [4.78, 5) is 2.44. The first-order valence-electron chi connectivity index (χ1n) is 5.63. The van der Waals surface area contributed by atoms with Crippen LogP contribution in [-0.4, -0.2) is 42.6 Å². The molecule has 0 bridgehead atoms. The van der Waals surface area contributed by atoms with Crippen LogP contribution in [0.4, 0.5) is 5.69 Å². The van der Waals surface area contributed by atoms with Crippen molar-refractivity contribution in [3.8, 4) is 5.75 Å². The largest absolute Gasteiger partial charge is 0.490 e. The van der Waals surface area contributed by atoms with Gasteiger partial charge in [-0.3, -0.25) is 4.90 Å². The molecule has 1 heterocycles. The minimum atomic E-state index is 0.719. The lowest BCUT2D eigenvalue weighted by atomic mass is 10.3. The quantitative estimate of drug-likeness (QED) is 0.810. The van der Waals surface area contributed by atoms with Gasteiger partial charge in [-0.25, -0.2) is 0 Å². The lowest BCUT2D eigenvalue weighted by Crippen LogP contribution is -2.35. The van der Waals surface area contributed by atoms with Crippen LogP contribution < -0.4 is 10.5 Å². The zero-order valence-electron chi connectivity index (χ0n) is 9.39. The number of rotatable bonds is 4. The van der Waals surface area contributed by atoms with Crippen LogP contribution in [0.5, 0.6) is 5.75 Å². The molecule has 3 nitrogen and oxygen atoms in total. The lowest BCUT2D eigenvalue weighted by Gasteiger charge is -2.25. The van der Waals surface area contributed by atoms with E-state index in [0.717, 1.165) is 24.6 Å². The van der Waals surface area contributed by atoms with Crippen molar-refractivity contribution in [2.45, 2.75) is 0 Å². The van der Waals surface area contributed by atoms with Crippen molar-refractivity contribution in [3.63, 3.8) is 0 Å². The second-order valence-corrected chi connectivity index (χ2v) is 5.07. The molecule has 0 radical (unpaired) electrons. The smallest absolute Gasteiger partial charge is 0.142 e. The third-order valence-corrected chi connectivity index (χ3v) is 3.63. The maximum atomic E-state index is 5.80. The molecule has 0 aliphatic carbocycles. The highest BCUT2D eigenvalue weighted by Gasteiger charge is 2.09. The maximum Gasteiger partial charge on any atom is 0.142 e. The first-order chi connectivity index (χ1) is 7.86. The molecule has 1 aromatic carbocycles. The molecule has 0 aromatic heterocycles. The van der Waals surface area contributed by atoms with Crippen LogP contribution in [0, 0.1) is 0 Å². The van der Waals surface area contributed by atoms with Crippen LogP contribution in [0.3, 0.4) is 0 Å². The number of benzene rings is 1. The molecule has 16 heavy (non-hydrogen) atoms. The van der Waals surface area contributed by atoms with Crippen LogP contribution in [0.15, 0.2) is 24.3 Å². The molecule has 0 amide bonds. The number of ether oxygens (including phenoxy) is 1. The Morgan fingerprint density at radius 1 is 1.25 bits per heavy atom. The van der Waals surface area contributed by atoms with Gasteiger partial charge in [-0.1, -0.05) is 12.1 Å². The van der Waals surface area contributed by atoms with Gasteiger partial charge < -0.3 is 10.5 Å². The molecule has 1 aliphatic heterocycles. The van der Waals surface area contributed by atoms with E-state index < -0.39 is 0 Å². The van der Waals surface area contributed by atoms with E-state index in [4.69, 9.17) is 10.5 Å². The molecule has 88 valence electrons. The van der Waals surface area contributed by atoms with Crippen LogP contribution >= 0.6 is 11.8 Å². The Balaban J connectivity index is 1.73. The third kappa shape index (κ3) is 3.32. The summed E-state index contributed by atoms with van der Waals surface area (Å²) in [5.74, 6) is 3.29. The number of para-hydroxylation sites is 2. The fourth-order valence-corrected chi connectivity index (χ4v) is 2.70. The average Bonchev–Trinajstić information content (AvgIpc) is 2.33. The van der Waals surface area contributed by atoms with Gasteiger partial charge in [-0.05, 0) is 12.1 Å². The number of thioether (sulfide) groups is 1. The van der Waals surface area contributed by atoms with Gasteiger partial charge in [0.15, 0.2) is 0 Å². The number of hydrogen-bond acceptors (Lipinski definition) is 4. The van der Waals surface area contributed by atoms with Gasteiger partial charge in [0.1, 0.15) is 12.4 Å². The number of anilines is 1. The summed E-state index contributed by atoms with van der Waals surface area (Å²) in [6.07, 6.45) is 0. The molecule has 4 heteroatoms. The maximum absolute atomic E-state index is 5.80. The van der Waals surface area contributed by atoms with Crippen molar-refractivity contribution < 1.29 is 4.74 Å².